The van der Waals surface area contributed by atoms with Crippen LogP contribution < -0.4 is 0 Å². The number of hydrogen-bond acceptors (Lipinski definition) is 1. The molecule has 0 heterocycles. The highest BCUT2D eigenvalue weighted by Crippen LogP contribution is 2.13. The van der Waals surface area contributed by atoms with Gasteiger partial charge in [0.05, 0.1) is 11.5 Å². The van der Waals surface area contributed by atoms with Crippen LogP contribution >= 0.6 is 9.24 Å². The van der Waals surface area contributed by atoms with E-state index in [4.69, 9.17) is 0 Å². The lowest BCUT2D eigenvalue weighted by Gasteiger charge is -2.08. The van der Waals surface area contributed by atoms with Gasteiger partial charge in [0.15, 0.2) is 0 Å². The van der Waals surface area contributed by atoms with Crippen LogP contribution in [0, 0.1) is 0 Å². The summed E-state index contributed by atoms with van der Waals surface area (Å²) >= 11 is 0. The molecule has 0 aliphatic heterocycles. The first kappa shape index (κ1) is 11.1. The van der Waals surface area contributed by atoms with Crippen molar-refractivity contribution in [2.45, 2.75) is 19.6 Å². The van der Waals surface area contributed by atoms with E-state index >= 15 is 0 Å². The third-order valence-corrected chi connectivity index (χ3v) is 1.83. The van der Waals surface area contributed by atoms with E-state index < -0.39 is 0 Å². The van der Waals surface area contributed by atoms with Crippen LogP contribution in [-0.4, -0.2) is 11.5 Å². The highest BCUT2D eigenvalue weighted by atomic mass is 31.0. The lowest BCUT2D eigenvalue weighted by atomic mass is 10.0. The van der Waals surface area contributed by atoms with Gasteiger partial charge in [-0.05, 0) is 25.5 Å². The van der Waals surface area contributed by atoms with Crippen molar-refractivity contribution >= 4 is 15.0 Å². The molecule has 1 nitrogen and oxygen atoms in total. The van der Waals surface area contributed by atoms with Crippen molar-refractivity contribution < 1.29 is 0 Å². The second-order valence-electron chi connectivity index (χ2n) is 3.42. The predicted molar refractivity (Wildman–Crippen MR) is 67.8 cm³/mol. The fourth-order valence-corrected chi connectivity index (χ4v) is 1.37. The molecule has 2 unspecified atom stereocenters. The Hall–Kier alpha value is -0.940. The molecule has 0 saturated carbocycles. The molecular formula is C12H16NP. The summed E-state index contributed by atoms with van der Waals surface area (Å²) < 4.78 is 0. The molecule has 0 aromatic rings. The summed E-state index contributed by atoms with van der Waals surface area (Å²) in [6.07, 6.45) is 10.1. The third kappa shape index (κ3) is 3.43. The Balaban J connectivity index is 2.99. The summed E-state index contributed by atoms with van der Waals surface area (Å²) in [6.45, 7) is 7.90. The van der Waals surface area contributed by atoms with Crippen molar-refractivity contribution in [3.05, 3.63) is 48.1 Å². The number of aliphatic imine (C=N–C) groups is 1. The van der Waals surface area contributed by atoms with Crippen LogP contribution in [0.15, 0.2) is 53.1 Å². The zero-order valence-electron chi connectivity index (χ0n) is 8.70. The van der Waals surface area contributed by atoms with Crippen LogP contribution in [0.1, 0.15) is 13.8 Å². The largest absolute Gasteiger partial charge is 0.278 e. The van der Waals surface area contributed by atoms with Crippen LogP contribution in [0.4, 0.5) is 0 Å². The minimum Gasteiger partial charge on any atom is -0.278 e. The van der Waals surface area contributed by atoms with Gasteiger partial charge in [0, 0.05) is 0 Å². The Morgan fingerprint density at radius 3 is 2.71 bits per heavy atom. The smallest absolute Gasteiger partial charge is 0.0654 e. The van der Waals surface area contributed by atoms with Crippen molar-refractivity contribution in [3.8, 4) is 0 Å². The average Bonchev–Trinajstić information content (AvgIpc) is 2.06. The summed E-state index contributed by atoms with van der Waals surface area (Å²) in [5.41, 5.74) is 3.20. The molecule has 0 N–H and O–H groups in total. The van der Waals surface area contributed by atoms with Crippen LogP contribution in [-0.2, 0) is 0 Å². The van der Waals surface area contributed by atoms with E-state index in [1.807, 2.05) is 38.2 Å². The first-order chi connectivity index (χ1) is 6.59. The summed E-state index contributed by atoms with van der Waals surface area (Å²) in [5.74, 6) is 0.245. The first-order valence-corrected chi connectivity index (χ1v) is 5.32. The number of allylic oxidation sites excluding steroid dienone is 7. The van der Waals surface area contributed by atoms with Crippen LogP contribution in [0.5, 0.6) is 0 Å². The SMILES string of the molecule is C=C(C)/C=C1/C=CC=C/C1=N/C(C)P. The molecule has 74 valence electrons. The summed E-state index contributed by atoms with van der Waals surface area (Å²) in [4.78, 5) is 4.50. The summed E-state index contributed by atoms with van der Waals surface area (Å²) in [6, 6.07) is 0. The molecule has 1 aliphatic carbocycles. The maximum atomic E-state index is 4.50. The van der Waals surface area contributed by atoms with Gasteiger partial charge in [0.25, 0.3) is 0 Å². The minimum atomic E-state index is 0.245. The van der Waals surface area contributed by atoms with E-state index in [0.717, 1.165) is 16.9 Å². The van der Waals surface area contributed by atoms with Gasteiger partial charge in [0.1, 0.15) is 0 Å². The summed E-state index contributed by atoms with van der Waals surface area (Å²) in [5, 5.41) is 0. The number of nitrogens with zero attached hydrogens (tertiary/aromatic N) is 1. The maximum Gasteiger partial charge on any atom is 0.0654 e. The van der Waals surface area contributed by atoms with Gasteiger partial charge in [-0.1, -0.05) is 36.5 Å². The predicted octanol–water partition coefficient (Wildman–Crippen LogP) is 3.28. The van der Waals surface area contributed by atoms with Gasteiger partial charge in [-0.25, -0.2) is 0 Å². The van der Waals surface area contributed by atoms with Crippen molar-refractivity contribution in [2.75, 3.05) is 0 Å². The molecule has 14 heavy (non-hydrogen) atoms. The molecule has 2 atom stereocenters. The van der Waals surface area contributed by atoms with E-state index in [0.29, 0.717) is 0 Å². The number of rotatable bonds is 2. The second-order valence-corrected chi connectivity index (χ2v) is 4.38. The first-order valence-electron chi connectivity index (χ1n) is 4.65. The highest BCUT2D eigenvalue weighted by Gasteiger charge is 2.04. The highest BCUT2D eigenvalue weighted by molar-refractivity contribution is 7.17. The topological polar surface area (TPSA) is 12.4 Å². The number of hydrogen-bond donors (Lipinski definition) is 0. The van der Waals surface area contributed by atoms with Gasteiger partial charge in [0.2, 0.25) is 0 Å². The summed E-state index contributed by atoms with van der Waals surface area (Å²) in [7, 11) is 2.67. The zero-order valence-corrected chi connectivity index (χ0v) is 9.85. The molecule has 0 amide bonds. The van der Waals surface area contributed by atoms with E-state index in [9.17, 15) is 0 Å². The lowest BCUT2D eigenvalue weighted by Crippen LogP contribution is -2.03. The molecule has 0 bridgehead atoms. The Morgan fingerprint density at radius 2 is 2.14 bits per heavy atom. The second kappa shape index (κ2) is 5.07. The Kier molecular flexibility index (Phi) is 4.03. The minimum absolute atomic E-state index is 0.245. The fraction of sp³-hybridized carbons (Fsp3) is 0.250. The van der Waals surface area contributed by atoms with Crippen molar-refractivity contribution in [1.82, 2.24) is 0 Å². The van der Waals surface area contributed by atoms with Gasteiger partial charge in [-0.15, -0.1) is 9.24 Å². The normalized spacial score (nSPS) is 23.1. The Bertz CT molecular complexity index is 343. The van der Waals surface area contributed by atoms with Gasteiger partial charge in [-0.3, -0.25) is 4.99 Å². The maximum absolute atomic E-state index is 4.50. The average molecular weight is 205 g/mol. The third-order valence-electron chi connectivity index (χ3n) is 1.68. The van der Waals surface area contributed by atoms with Gasteiger partial charge < -0.3 is 0 Å². The monoisotopic (exact) mass is 205 g/mol. The van der Waals surface area contributed by atoms with E-state index in [2.05, 4.69) is 26.9 Å². The van der Waals surface area contributed by atoms with Crippen LogP contribution in [0.3, 0.4) is 0 Å². The molecule has 0 aromatic carbocycles. The molecule has 0 spiro atoms. The van der Waals surface area contributed by atoms with Gasteiger partial charge in [-0.2, -0.15) is 0 Å². The zero-order chi connectivity index (χ0) is 10.6. The fourth-order valence-electron chi connectivity index (χ4n) is 1.21. The lowest BCUT2D eigenvalue weighted by molar-refractivity contribution is 1.05. The molecule has 1 aliphatic rings. The van der Waals surface area contributed by atoms with E-state index in [1.54, 1.807) is 0 Å². The standard InChI is InChI=1S/C12H16NP/c1-9(2)8-11-6-4-5-7-12(11)13-10(3)14/h4-8,10H,1,14H2,2-3H3/b11-8-,13-12-. The quantitative estimate of drug-likeness (QED) is 0.613. The molecule has 0 radical (unpaired) electrons. The molecule has 0 aromatic heterocycles. The van der Waals surface area contributed by atoms with E-state index in [-0.39, 0.29) is 5.78 Å². The van der Waals surface area contributed by atoms with Gasteiger partial charge >= 0.3 is 0 Å². The van der Waals surface area contributed by atoms with Crippen LogP contribution in [0.25, 0.3) is 0 Å². The molecule has 0 saturated heterocycles. The van der Waals surface area contributed by atoms with Crippen molar-refractivity contribution in [1.29, 1.82) is 0 Å². The van der Waals surface area contributed by atoms with Crippen molar-refractivity contribution in [2.24, 2.45) is 4.99 Å². The Labute approximate surface area is 88.2 Å². The Morgan fingerprint density at radius 1 is 1.50 bits per heavy atom. The van der Waals surface area contributed by atoms with Crippen LogP contribution in [0.2, 0.25) is 0 Å². The molecule has 1 rings (SSSR count). The van der Waals surface area contributed by atoms with E-state index in [1.165, 1.54) is 0 Å². The molecule has 0 fully saturated rings. The molecular weight excluding hydrogens is 189 g/mol. The van der Waals surface area contributed by atoms with Crippen molar-refractivity contribution in [3.63, 3.8) is 0 Å². The molecule has 2 heteroatoms.